The van der Waals surface area contributed by atoms with Gasteiger partial charge in [0, 0.05) is 5.56 Å². The lowest BCUT2D eigenvalue weighted by Crippen LogP contribution is -2.30. The minimum absolute atomic E-state index is 0.0157. The van der Waals surface area contributed by atoms with Crippen molar-refractivity contribution in [2.45, 2.75) is 44.0 Å². The van der Waals surface area contributed by atoms with Crippen LogP contribution in [0.2, 0.25) is 0 Å². The largest absolute Gasteiger partial charge is 0.492 e. The van der Waals surface area contributed by atoms with Gasteiger partial charge in [0.1, 0.15) is 5.82 Å². The zero-order valence-electron chi connectivity index (χ0n) is 22.3. The van der Waals surface area contributed by atoms with Crippen molar-refractivity contribution in [3.63, 3.8) is 0 Å². The monoisotopic (exact) mass is 537 g/mol. The number of aryl methyl sites for hydroxylation is 2. The van der Waals surface area contributed by atoms with Gasteiger partial charge in [0.05, 0.1) is 37.3 Å². The fourth-order valence-corrected chi connectivity index (χ4v) is 5.46. The molecule has 4 rings (SSSR count). The molecule has 0 saturated heterocycles. The van der Waals surface area contributed by atoms with Crippen LogP contribution >= 0.6 is 11.8 Å². The second-order valence-electron chi connectivity index (χ2n) is 8.88. The number of hydrogen-bond donors (Lipinski definition) is 1. The maximum Gasteiger partial charge on any atom is 0.254 e. The zero-order chi connectivity index (χ0) is 27.4. The number of carbonyl (C=O) groups excluding carboxylic acids is 1. The van der Waals surface area contributed by atoms with Crippen LogP contribution in [-0.4, -0.2) is 33.0 Å². The predicted octanol–water partition coefficient (Wildman–Crippen LogP) is 5.97. The Kier molecular flexibility index (Phi) is 8.62. The highest BCUT2D eigenvalue weighted by Gasteiger charge is 2.30. The maximum absolute atomic E-state index is 15.0. The molecule has 6 nitrogen and oxygen atoms in total. The first kappa shape index (κ1) is 27.5. The molecule has 0 saturated carbocycles. The molecule has 0 bridgehead atoms. The smallest absolute Gasteiger partial charge is 0.254 e. The van der Waals surface area contributed by atoms with Crippen molar-refractivity contribution in [2.24, 2.45) is 0 Å². The van der Waals surface area contributed by atoms with Crippen LogP contribution in [0.15, 0.2) is 52.2 Å². The summed E-state index contributed by atoms with van der Waals surface area (Å²) in [5, 5.41) is 3.01. The van der Waals surface area contributed by atoms with Gasteiger partial charge in [-0.15, -0.1) is 11.8 Å². The summed E-state index contributed by atoms with van der Waals surface area (Å²) in [6.45, 7) is 4.18. The quantitative estimate of drug-likeness (QED) is 0.357. The number of amides is 1. The summed E-state index contributed by atoms with van der Waals surface area (Å²) in [5.74, 6) is 0.461. The Hall–Kier alpha value is -3.52. The number of halogens is 1. The summed E-state index contributed by atoms with van der Waals surface area (Å²) in [6, 6.07) is 11.5. The van der Waals surface area contributed by atoms with Crippen LogP contribution in [0.3, 0.4) is 0 Å². The van der Waals surface area contributed by atoms with E-state index in [0.29, 0.717) is 59.1 Å². The number of carbonyl (C=O) groups is 1. The normalized spacial score (nSPS) is 14.1. The van der Waals surface area contributed by atoms with E-state index in [4.69, 9.17) is 14.2 Å². The van der Waals surface area contributed by atoms with Gasteiger partial charge in [-0.1, -0.05) is 25.1 Å². The van der Waals surface area contributed by atoms with Crippen molar-refractivity contribution >= 4 is 17.7 Å². The van der Waals surface area contributed by atoms with Crippen LogP contribution in [0.25, 0.3) is 11.1 Å². The van der Waals surface area contributed by atoms with Crippen LogP contribution in [0.5, 0.6) is 17.2 Å². The molecule has 1 N–H and O–H groups in total. The Morgan fingerprint density at radius 3 is 2.53 bits per heavy atom. The summed E-state index contributed by atoms with van der Waals surface area (Å²) in [7, 11) is 3.12. The maximum atomic E-state index is 15.0. The molecule has 1 atom stereocenters. The molecule has 8 heteroatoms. The van der Waals surface area contributed by atoms with Gasteiger partial charge in [-0.3, -0.25) is 9.59 Å². The molecule has 0 unspecified atom stereocenters. The van der Waals surface area contributed by atoms with Crippen molar-refractivity contribution in [1.82, 2.24) is 5.32 Å². The van der Waals surface area contributed by atoms with Gasteiger partial charge >= 0.3 is 0 Å². The molecule has 0 fully saturated rings. The molecule has 0 heterocycles. The van der Waals surface area contributed by atoms with Gasteiger partial charge in [-0.2, -0.15) is 0 Å². The Morgan fingerprint density at radius 2 is 1.87 bits per heavy atom. The lowest BCUT2D eigenvalue weighted by Gasteiger charge is -2.20. The van der Waals surface area contributed by atoms with Crippen LogP contribution in [0, 0.1) is 5.82 Å². The molecule has 0 aliphatic heterocycles. The lowest BCUT2D eigenvalue weighted by atomic mass is 9.95. The average molecular weight is 538 g/mol. The predicted molar refractivity (Wildman–Crippen MR) is 149 cm³/mol. The molecule has 1 amide bonds. The summed E-state index contributed by atoms with van der Waals surface area (Å²) in [6.07, 6.45) is 3.36. The first-order valence-corrected chi connectivity index (χ1v) is 13.8. The van der Waals surface area contributed by atoms with Crippen LogP contribution < -0.4 is 25.0 Å². The number of nitrogens with one attached hydrogen (secondary N) is 1. The van der Waals surface area contributed by atoms with E-state index in [9.17, 15) is 9.59 Å². The molecule has 1 aliphatic carbocycles. The van der Waals surface area contributed by atoms with Gasteiger partial charge in [0.25, 0.3) is 5.91 Å². The Bertz CT molecular complexity index is 1420. The zero-order valence-corrected chi connectivity index (χ0v) is 23.1. The van der Waals surface area contributed by atoms with E-state index < -0.39 is 17.8 Å². The highest BCUT2D eigenvalue weighted by molar-refractivity contribution is 7.98. The van der Waals surface area contributed by atoms with Crippen LogP contribution in [0.1, 0.15) is 53.4 Å². The molecule has 200 valence electrons. The molecular formula is C30H32FNO5S. The Morgan fingerprint density at radius 1 is 1.11 bits per heavy atom. The van der Waals surface area contributed by atoms with Gasteiger partial charge in [-0.05, 0) is 79.0 Å². The molecule has 3 aromatic rings. The summed E-state index contributed by atoms with van der Waals surface area (Å²) < 4.78 is 32.4. The van der Waals surface area contributed by atoms with Gasteiger partial charge in [0.15, 0.2) is 16.9 Å². The van der Waals surface area contributed by atoms with E-state index in [1.54, 1.807) is 38.5 Å². The fraction of sp³-hybridized carbons (Fsp3) is 0.333. The third-order valence-corrected chi connectivity index (χ3v) is 7.59. The highest BCUT2D eigenvalue weighted by atomic mass is 32.2. The first-order chi connectivity index (χ1) is 18.4. The SMILES string of the molecule is CCOc1cc2c(c(OC)c1OC)-c1ccc(SC)c(=O)cc1[C@@H](NC(=O)c1cccc(CC)c1F)CC2. The standard InChI is InChI=1S/C30H32FNO5S/c1-6-17-9-8-10-20(27(17)31)30(34)32-22-13-11-18-15-24(37-7-2)28(35-3)29(36-4)26(18)19-12-14-25(38-5)23(33)16-21(19)22/h8-10,12,14-16,22H,6-7,11,13H2,1-5H3,(H,32,34)/t22-/m0/s1. The van der Waals surface area contributed by atoms with Gasteiger partial charge in [-0.25, -0.2) is 4.39 Å². The molecule has 0 spiro atoms. The number of ether oxygens (including phenoxy) is 3. The minimum Gasteiger partial charge on any atom is -0.492 e. The molecular weight excluding hydrogens is 505 g/mol. The van der Waals surface area contributed by atoms with Crippen molar-refractivity contribution in [3.05, 3.63) is 80.8 Å². The number of rotatable bonds is 8. The third-order valence-electron chi connectivity index (χ3n) is 6.81. The number of benzene rings is 2. The Balaban J connectivity index is 1.92. The summed E-state index contributed by atoms with van der Waals surface area (Å²) in [4.78, 5) is 27.1. The average Bonchev–Trinajstić information content (AvgIpc) is 3.16. The lowest BCUT2D eigenvalue weighted by molar-refractivity contribution is 0.0930. The fourth-order valence-electron chi connectivity index (χ4n) is 4.99. The second-order valence-corrected chi connectivity index (χ2v) is 9.73. The van der Waals surface area contributed by atoms with E-state index in [1.807, 2.05) is 32.2 Å². The molecule has 3 aromatic carbocycles. The highest BCUT2D eigenvalue weighted by Crippen LogP contribution is 2.50. The summed E-state index contributed by atoms with van der Waals surface area (Å²) >= 11 is 1.35. The number of fused-ring (bicyclic) bond motifs is 3. The Labute approximate surface area is 226 Å². The molecule has 1 aliphatic rings. The molecule has 38 heavy (non-hydrogen) atoms. The number of thioether (sulfide) groups is 1. The van der Waals surface area contributed by atoms with Gasteiger partial charge in [0.2, 0.25) is 5.75 Å². The van der Waals surface area contributed by atoms with E-state index in [0.717, 1.165) is 16.7 Å². The first-order valence-electron chi connectivity index (χ1n) is 12.6. The second kappa shape index (κ2) is 11.9. The van der Waals surface area contributed by atoms with Crippen molar-refractivity contribution in [2.75, 3.05) is 27.1 Å². The minimum atomic E-state index is -0.546. The van der Waals surface area contributed by atoms with Crippen molar-refractivity contribution in [1.29, 1.82) is 0 Å². The third kappa shape index (κ3) is 5.10. The van der Waals surface area contributed by atoms with E-state index >= 15 is 4.39 Å². The number of methoxy groups -OCH3 is 2. The molecule has 0 radical (unpaired) electrons. The van der Waals surface area contributed by atoms with Crippen LogP contribution in [-0.2, 0) is 12.8 Å². The number of hydrogen-bond acceptors (Lipinski definition) is 6. The van der Waals surface area contributed by atoms with E-state index in [-0.39, 0.29) is 11.0 Å². The summed E-state index contributed by atoms with van der Waals surface area (Å²) in [5.41, 5.74) is 3.40. The molecule has 0 aromatic heterocycles. The van der Waals surface area contributed by atoms with Crippen LogP contribution in [0.4, 0.5) is 4.39 Å². The van der Waals surface area contributed by atoms with Gasteiger partial charge < -0.3 is 19.5 Å². The van der Waals surface area contributed by atoms with E-state index in [2.05, 4.69) is 5.32 Å². The van der Waals surface area contributed by atoms with E-state index in [1.165, 1.54) is 17.8 Å². The van der Waals surface area contributed by atoms with Crippen molar-refractivity contribution in [3.8, 4) is 28.4 Å². The van der Waals surface area contributed by atoms with Crippen molar-refractivity contribution < 1.29 is 23.4 Å². The topological polar surface area (TPSA) is 73.9 Å².